The molecule has 8 rings (SSSR count). The van der Waals surface area contributed by atoms with Crippen molar-refractivity contribution >= 4 is 49.6 Å². The van der Waals surface area contributed by atoms with Gasteiger partial charge in [0.05, 0.1) is 0 Å². The van der Waals surface area contributed by atoms with Gasteiger partial charge in [0.15, 0.2) is 0 Å². The van der Waals surface area contributed by atoms with Crippen LogP contribution in [-0.2, 0) is 33.3 Å². The van der Waals surface area contributed by atoms with E-state index in [1.54, 1.807) is 0 Å². The first-order chi connectivity index (χ1) is 21.7. The number of rotatable bonds is 5. The molecular weight excluding hydrogens is 657 g/mol. The van der Waals surface area contributed by atoms with E-state index in [9.17, 15) is 0 Å². The molecule has 1 aromatic heterocycles. The van der Waals surface area contributed by atoms with Gasteiger partial charge in [0, 0.05) is 28.9 Å². The Labute approximate surface area is 276 Å². The van der Waals surface area contributed by atoms with Crippen molar-refractivity contribution in [3.63, 3.8) is 0 Å². The SMILES string of the molecule is Cn1c2ccccc2c2cc(-c3cccc4c3cc[c-]4C(c3ccccc3)(c3ccccc3)[c-]3cccc3)ccc21.[Cl][Zr+2][Cl]. The molecule has 7 aromatic carbocycles. The number of halogens is 2. The summed E-state index contributed by atoms with van der Waals surface area (Å²) in [4.78, 5) is 0. The van der Waals surface area contributed by atoms with E-state index in [0.29, 0.717) is 0 Å². The van der Waals surface area contributed by atoms with Crippen LogP contribution in [-0.4, -0.2) is 4.57 Å². The van der Waals surface area contributed by atoms with Gasteiger partial charge in [-0.15, -0.1) is 40.1 Å². The molecule has 8 aromatic rings. The number of para-hydroxylation sites is 1. The molecule has 0 N–H and O–H groups in total. The minimum absolute atomic E-state index is 0.439. The molecule has 1 heterocycles. The molecule has 0 unspecified atom stereocenters. The maximum absolute atomic E-state index is 4.93. The molecule has 0 saturated carbocycles. The van der Waals surface area contributed by atoms with Crippen LogP contribution in [0.3, 0.4) is 0 Å². The Morgan fingerprint density at radius 1 is 0.568 bits per heavy atom. The summed E-state index contributed by atoms with van der Waals surface area (Å²) in [6.07, 6.45) is 0. The third-order valence-corrected chi connectivity index (χ3v) is 8.95. The molecule has 0 atom stereocenters. The van der Waals surface area contributed by atoms with Crippen molar-refractivity contribution in [1.82, 2.24) is 4.57 Å². The monoisotopic (exact) mass is 683 g/mol. The van der Waals surface area contributed by atoms with Gasteiger partial charge in [-0.05, 0) is 40.3 Å². The molecule has 0 spiro atoms. The third-order valence-electron chi connectivity index (χ3n) is 8.95. The molecular formula is C40H29Cl2NZr. The Hall–Kier alpha value is -3.68. The van der Waals surface area contributed by atoms with Gasteiger partial charge in [-0.2, -0.15) is 18.2 Å². The van der Waals surface area contributed by atoms with Crippen LogP contribution in [0.1, 0.15) is 22.3 Å². The predicted octanol–water partition coefficient (Wildman–Crippen LogP) is 11.3. The number of aryl methyl sites for hydroxylation is 1. The minimum atomic E-state index is -0.826. The van der Waals surface area contributed by atoms with Gasteiger partial charge >= 0.3 is 37.9 Å². The Bertz CT molecular complexity index is 2130. The van der Waals surface area contributed by atoms with Crippen LogP contribution in [0.5, 0.6) is 0 Å². The number of fused-ring (bicyclic) bond motifs is 4. The zero-order chi connectivity index (χ0) is 30.1. The van der Waals surface area contributed by atoms with Crippen LogP contribution < -0.4 is 0 Å². The van der Waals surface area contributed by atoms with Crippen LogP contribution in [0, 0.1) is 0 Å². The van der Waals surface area contributed by atoms with Crippen molar-refractivity contribution in [3.05, 3.63) is 180 Å². The fraction of sp³-hybridized carbons (Fsp3) is 0.0500. The fourth-order valence-electron chi connectivity index (χ4n) is 7.12. The average molecular weight is 686 g/mol. The number of benzene rings is 5. The summed E-state index contributed by atoms with van der Waals surface area (Å²) in [5.74, 6) is 0. The van der Waals surface area contributed by atoms with Crippen molar-refractivity contribution in [2.45, 2.75) is 5.41 Å². The van der Waals surface area contributed by atoms with Crippen LogP contribution >= 0.6 is 17.0 Å². The van der Waals surface area contributed by atoms with Crippen molar-refractivity contribution in [3.8, 4) is 11.1 Å². The van der Waals surface area contributed by atoms with Gasteiger partial charge in [0.25, 0.3) is 0 Å². The molecule has 44 heavy (non-hydrogen) atoms. The van der Waals surface area contributed by atoms with Gasteiger partial charge in [-0.3, -0.25) is 0 Å². The molecule has 0 amide bonds. The van der Waals surface area contributed by atoms with E-state index in [-0.39, 0.29) is 0 Å². The number of hydrogen-bond donors (Lipinski definition) is 0. The molecule has 0 aliphatic carbocycles. The molecule has 1 nitrogen and oxygen atoms in total. The summed E-state index contributed by atoms with van der Waals surface area (Å²) in [5, 5.41) is 5.16. The van der Waals surface area contributed by atoms with Crippen LogP contribution in [0.25, 0.3) is 43.7 Å². The van der Waals surface area contributed by atoms with E-state index in [1.165, 1.54) is 66.0 Å². The normalized spacial score (nSPS) is 11.4. The van der Waals surface area contributed by atoms with E-state index >= 15 is 0 Å². The van der Waals surface area contributed by atoms with Crippen LogP contribution in [0.15, 0.2) is 158 Å². The zero-order valence-electron chi connectivity index (χ0n) is 24.2. The average Bonchev–Trinajstić information content (AvgIpc) is 3.83. The van der Waals surface area contributed by atoms with E-state index < -0.39 is 26.3 Å². The Morgan fingerprint density at radius 3 is 1.86 bits per heavy atom. The molecule has 4 heteroatoms. The molecule has 0 bridgehead atoms. The van der Waals surface area contributed by atoms with Gasteiger partial charge in [-0.25, -0.2) is 12.1 Å². The quantitative estimate of drug-likeness (QED) is 0.159. The first-order valence-corrected chi connectivity index (χ1v) is 21.0. The van der Waals surface area contributed by atoms with Gasteiger partial charge in [0.2, 0.25) is 0 Å². The standard InChI is InChI=1S/C40H29N.2ClH.Zr/c1-41-38-22-11-10-19-35(38)36-27-28(23-26-39(36)41)32-20-12-21-34-33(32)24-25-37(34)40(31-17-8-9-18-31,29-13-4-2-5-14-29)30-15-6-3-7-16-30;;;/h2-27H,1H3;2*1H;/q-2;;;+4/p-2. The topological polar surface area (TPSA) is 4.93 Å². The third kappa shape index (κ3) is 4.72. The summed E-state index contributed by atoms with van der Waals surface area (Å²) in [6, 6.07) is 57.9. The molecule has 0 fully saturated rings. The number of nitrogens with zero attached hydrogens (tertiary/aromatic N) is 1. The summed E-state index contributed by atoms with van der Waals surface area (Å²) in [7, 11) is 12.0. The molecule has 212 valence electrons. The van der Waals surface area contributed by atoms with Gasteiger partial charge in [0.1, 0.15) is 0 Å². The van der Waals surface area contributed by atoms with Crippen LogP contribution in [0.2, 0.25) is 0 Å². The first-order valence-electron chi connectivity index (χ1n) is 14.6. The molecule has 0 radical (unpaired) electrons. The zero-order valence-corrected chi connectivity index (χ0v) is 28.2. The second-order valence-corrected chi connectivity index (χ2v) is 14.8. The summed E-state index contributed by atoms with van der Waals surface area (Å²) in [5.41, 5.74) is 9.73. The van der Waals surface area contributed by atoms with Gasteiger partial charge < -0.3 is 4.57 Å². The molecule has 0 aliphatic rings. The fourth-order valence-corrected chi connectivity index (χ4v) is 7.12. The summed E-state index contributed by atoms with van der Waals surface area (Å²) < 4.78 is 2.30. The molecule has 0 aliphatic heterocycles. The number of hydrogen-bond acceptors (Lipinski definition) is 0. The van der Waals surface area contributed by atoms with E-state index in [2.05, 4.69) is 169 Å². The molecule has 0 saturated heterocycles. The van der Waals surface area contributed by atoms with Crippen molar-refractivity contribution in [2.75, 3.05) is 0 Å². The Balaban J connectivity index is 0.00000100. The van der Waals surface area contributed by atoms with E-state index in [1.807, 2.05) is 0 Å². The van der Waals surface area contributed by atoms with E-state index in [0.717, 1.165) is 0 Å². The van der Waals surface area contributed by atoms with Crippen molar-refractivity contribution < 1.29 is 20.8 Å². The van der Waals surface area contributed by atoms with E-state index in [4.69, 9.17) is 17.0 Å². The predicted molar refractivity (Wildman–Crippen MR) is 185 cm³/mol. The maximum atomic E-state index is 4.93. The Kier molecular flexibility index (Phi) is 8.17. The second-order valence-electron chi connectivity index (χ2n) is 11.0. The van der Waals surface area contributed by atoms with Crippen molar-refractivity contribution in [1.29, 1.82) is 0 Å². The number of aromatic nitrogens is 1. The second kappa shape index (κ2) is 12.4. The van der Waals surface area contributed by atoms with Gasteiger partial charge in [-0.1, -0.05) is 96.6 Å². The first kappa shape index (κ1) is 29.1. The Morgan fingerprint density at radius 2 is 1.18 bits per heavy atom. The van der Waals surface area contributed by atoms with Crippen molar-refractivity contribution in [2.24, 2.45) is 7.05 Å². The summed E-state index contributed by atoms with van der Waals surface area (Å²) >= 11 is -0.826. The summed E-state index contributed by atoms with van der Waals surface area (Å²) in [6.45, 7) is 0. The van der Waals surface area contributed by atoms with Crippen LogP contribution in [0.4, 0.5) is 0 Å².